The van der Waals surface area contributed by atoms with Crippen molar-refractivity contribution in [3.8, 4) is 0 Å². The van der Waals surface area contributed by atoms with Crippen LogP contribution in [0.25, 0.3) is 0 Å². The third-order valence-corrected chi connectivity index (χ3v) is 9.25. The van der Waals surface area contributed by atoms with Crippen LogP contribution in [0.4, 0.5) is 0 Å². The second-order valence-corrected chi connectivity index (χ2v) is 10.7. The number of ether oxygens (including phenoxy) is 1. The number of rotatable bonds is 2. The molecule has 3 nitrogen and oxygen atoms in total. The van der Waals surface area contributed by atoms with Crippen molar-refractivity contribution in [3.05, 3.63) is 11.6 Å². The van der Waals surface area contributed by atoms with Crippen LogP contribution >= 0.6 is 11.6 Å². The number of Topliss-reactive ketones (excluding diaryl/α,β-unsaturated/α-hetero) is 1. The summed E-state index contributed by atoms with van der Waals surface area (Å²) in [7, 11) is 0. The smallest absolute Gasteiger partial charge is 0.302 e. The fourth-order valence-corrected chi connectivity index (χ4v) is 8.31. The molecule has 0 heterocycles. The summed E-state index contributed by atoms with van der Waals surface area (Å²) in [6.07, 6.45) is 9.85. The predicted molar refractivity (Wildman–Crippen MR) is 106 cm³/mol. The minimum absolute atomic E-state index is 0.00543. The van der Waals surface area contributed by atoms with Crippen LogP contribution in [0.15, 0.2) is 11.6 Å². The van der Waals surface area contributed by atoms with Gasteiger partial charge in [0.05, 0.1) is 0 Å². The molecule has 3 saturated carbocycles. The molecule has 0 aromatic rings. The summed E-state index contributed by atoms with van der Waals surface area (Å²) in [6.45, 7) is 8.02. The summed E-state index contributed by atoms with van der Waals surface area (Å²) in [5.74, 6) is 1.98. The number of carbonyl (C=O) groups excluding carboxylic acids is 2. The molecule has 4 rings (SSSR count). The van der Waals surface area contributed by atoms with E-state index in [1.165, 1.54) is 18.9 Å². The molecule has 0 radical (unpaired) electrons. The Morgan fingerprint density at radius 2 is 1.89 bits per heavy atom. The van der Waals surface area contributed by atoms with Gasteiger partial charge in [0.25, 0.3) is 0 Å². The fourth-order valence-electron chi connectivity index (χ4n) is 7.65. The van der Waals surface area contributed by atoms with Crippen LogP contribution in [0.3, 0.4) is 0 Å². The highest BCUT2D eigenvalue weighted by molar-refractivity contribution is 6.22. The number of carbonyl (C=O) groups is 2. The lowest BCUT2D eigenvalue weighted by Crippen LogP contribution is -2.51. The van der Waals surface area contributed by atoms with Crippen molar-refractivity contribution in [2.24, 2.45) is 34.5 Å². The molecule has 4 aliphatic carbocycles. The van der Waals surface area contributed by atoms with Crippen LogP contribution < -0.4 is 0 Å². The zero-order valence-corrected chi connectivity index (χ0v) is 17.8. The Bertz CT molecular complexity index is 685. The molecule has 8 atom stereocenters. The Labute approximate surface area is 168 Å². The third-order valence-electron chi connectivity index (χ3n) is 8.82. The van der Waals surface area contributed by atoms with Crippen LogP contribution in [0.1, 0.15) is 72.6 Å². The minimum Gasteiger partial charge on any atom is -0.462 e. The molecule has 0 spiro atoms. The van der Waals surface area contributed by atoms with Gasteiger partial charge in [0.1, 0.15) is 11.9 Å². The number of alkyl halides is 1. The van der Waals surface area contributed by atoms with E-state index in [-0.39, 0.29) is 40.0 Å². The van der Waals surface area contributed by atoms with Gasteiger partial charge in [-0.15, -0.1) is 11.6 Å². The molecule has 150 valence electrons. The van der Waals surface area contributed by atoms with Crippen molar-refractivity contribution < 1.29 is 14.3 Å². The van der Waals surface area contributed by atoms with E-state index < -0.39 is 0 Å². The van der Waals surface area contributed by atoms with Crippen LogP contribution in [0, 0.1) is 34.5 Å². The molecular weight excluding hydrogens is 360 g/mol. The van der Waals surface area contributed by atoms with Gasteiger partial charge in [0, 0.05) is 24.6 Å². The standard InChI is InChI=1S/C23H33ClO3/c1-13(25)21-20(24)12-19-17-6-5-15-11-16(27-14(2)26)7-9-22(15,3)18(17)8-10-23(19,21)4/h5,16-21H,6-12H2,1-4H3/t16-,17-,18+,19+,20-,21+,22-,23-/m1/s1. The van der Waals surface area contributed by atoms with Gasteiger partial charge in [-0.3, -0.25) is 9.59 Å². The van der Waals surface area contributed by atoms with Crippen molar-refractivity contribution in [1.29, 1.82) is 0 Å². The van der Waals surface area contributed by atoms with Gasteiger partial charge in [-0.2, -0.15) is 0 Å². The third kappa shape index (κ3) is 2.91. The van der Waals surface area contributed by atoms with E-state index in [0.717, 1.165) is 38.5 Å². The van der Waals surface area contributed by atoms with Crippen molar-refractivity contribution >= 4 is 23.4 Å². The zero-order chi connectivity index (χ0) is 19.6. The molecule has 0 N–H and O–H groups in total. The van der Waals surface area contributed by atoms with E-state index >= 15 is 0 Å². The van der Waals surface area contributed by atoms with Gasteiger partial charge in [0.2, 0.25) is 0 Å². The first kappa shape index (κ1) is 19.5. The number of esters is 1. The Kier molecular flexibility index (Phi) is 4.77. The maximum Gasteiger partial charge on any atom is 0.302 e. The molecule has 0 unspecified atom stereocenters. The van der Waals surface area contributed by atoms with Crippen molar-refractivity contribution in [1.82, 2.24) is 0 Å². The van der Waals surface area contributed by atoms with Gasteiger partial charge in [-0.05, 0) is 74.0 Å². The lowest BCUT2D eigenvalue weighted by atomic mass is 9.47. The summed E-state index contributed by atoms with van der Waals surface area (Å²) in [5.41, 5.74) is 1.79. The maximum atomic E-state index is 12.4. The van der Waals surface area contributed by atoms with E-state index in [0.29, 0.717) is 17.8 Å². The molecule has 3 fully saturated rings. The lowest BCUT2D eigenvalue weighted by molar-refractivity contribution is -0.149. The van der Waals surface area contributed by atoms with Crippen molar-refractivity contribution in [2.45, 2.75) is 84.1 Å². The molecule has 4 heteroatoms. The molecule has 0 amide bonds. The summed E-state index contributed by atoms with van der Waals surface area (Å²) >= 11 is 6.72. The number of hydrogen-bond acceptors (Lipinski definition) is 3. The monoisotopic (exact) mass is 392 g/mol. The lowest BCUT2D eigenvalue weighted by Gasteiger charge is -2.57. The molecule has 4 aliphatic rings. The molecule has 0 aliphatic heterocycles. The number of hydrogen-bond donors (Lipinski definition) is 0. The first-order chi connectivity index (χ1) is 12.7. The molecule has 0 saturated heterocycles. The van der Waals surface area contributed by atoms with Crippen LogP contribution in [0.5, 0.6) is 0 Å². The highest BCUT2D eigenvalue weighted by Gasteiger charge is 2.61. The summed E-state index contributed by atoms with van der Waals surface area (Å²) in [4.78, 5) is 23.7. The van der Waals surface area contributed by atoms with E-state index in [2.05, 4.69) is 19.9 Å². The molecule has 0 aromatic carbocycles. The van der Waals surface area contributed by atoms with Gasteiger partial charge >= 0.3 is 5.97 Å². The fraction of sp³-hybridized carbons (Fsp3) is 0.826. The molecule has 0 bridgehead atoms. The van der Waals surface area contributed by atoms with Crippen LogP contribution in [-0.2, 0) is 14.3 Å². The largest absolute Gasteiger partial charge is 0.462 e. The van der Waals surface area contributed by atoms with Crippen molar-refractivity contribution in [3.63, 3.8) is 0 Å². The predicted octanol–water partition coefficient (Wildman–Crippen LogP) is 5.30. The van der Waals surface area contributed by atoms with E-state index in [4.69, 9.17) is 16.3 Å². The zero-order valence-electron chi connectivity index (χ0n) is 17.1. The van der Waals surface area contributed by atoms with E-state index in [1.54, 1.807) is 6.92 Å². The Morgan fingerprint density at radius 3 is 2.56 bits per heavy atom. The number of fused-ring (bicyclic) bond motifs is 5. The average molecular weight is 393 g/mol. The van der Waals surface area contributed by atoms with Crippen molar-refractivity contribution in [2.75, 3.05) is 0 Å². The van der Waals surface area contributed by atoms with Gasteiger partial charge in [0.15, 0.2) is 0 Å². The number of halogens is 1. The van der Waals surface area contributed by atoms with Crippen LogP contribution in [-0.4, -0.2) is 23.2 Å². The normalized spacial score (nSPS) is 48.7. The quantitative estimate of drug-likeness (QED) is 0.363. The first-order valence-corrected chi connectivity index (χ1v) is 11.1. The first-order valence-electron chi connectivity index (χ1n) is 10.7. The SMILES string of the molecule is CC(=O)O[C@@H]1CC[C@]2(C)C(=CC[C@H]3[C@@H]4C[C@@H](Cl)[C@H](C(C)=O)[C@]4(C)CC[C@@H]32)C1. The van der Waals surface area contributed by atoms with Gasteiger partial charge < -0.3 is 4.74 Å². The van der Waals surface area contributed by atoms with Gasteiger partial charge in [-0.25, -0.2) is 0 Å². The topological polar surface area (TPSA) is 43.4 Å². The highest BCUT2D eigenvalue weighted by Crippen LogP contribution is 2.67. The highest BCUT2D eigenvalue weighted by atomic mass is 35.5. The molecular formula is C23H33ClO3. The second kappa shape index (κ2) is 6.61. The second-order valence-electron chi connectivity index (χ2n) is 10.1. The minimum atomic E-state index is -0.166. The average Bonchev–Trinajstić information content (AvgIpc) is 2.85. The Hall–Kier alpha value is -0.830. The summed E-state index contributed by atoms with van der Waals surface area (Å²) in [6, 6.07) is 0. The van der Waals surface area contributed by atoms with E-state index in [9.17, 15) is 9.59 Å². The maximum absolute atomic E-state index is 12.4. The number of ketones is 1. The Morgan fingerprint density at radius 1 is 1.15 bits per heavy atom. The number of allylic oxidation sites excluding steroid dienone is 1. The molecule has 27 heavy (non-hydrogen) atoms. The van der Waals surface area contributed by atoms with Gasteiger partial charge in [-0.1, -0.05) is 25.5 Å². The Balaban J connectivity index is 1.61. The molecule has 0 aromatic heterocycles. The van der Waals surface area contributed by atoms with E-state index in [1.807, 2.05) is 0 Å². The summed E-state index contributed by atoms with van der Waals surface area (Å²) < 4.78 is 5.53. The van der Waals surface area contributed by atoms with Crippen LogP contribution in [0.2, 0.25) is 0 Å². The summed E-state index contributed by atoms with van der Waals surface area (Å²) in [5, 5.41) is -0.00543.